The zero-order chi connectivity index (χ0) is 21.1. The molecule has 0 aliphatic carbocycles. The molecule has 2 N–H and O–H groups in total. The summed E-state index contributed by atoms with van der Waals surface area (Å²) >= 11 is 0. The molecule has 4 rings (SSSR count). The number of halogens is 2. The summed E-state index contributed by atoms with van der Waals surface area (Å²) in [5.74, 6) is -0.970. The summed E-state index contributed by atoms with van der Waals surface area (Å²) in [4.78, 5) is 21.2. The van der Waals surface area contributed by atoms with Gasteiger partial charge in [0.05, 0.1) is 11.6 Å². The van der Waals surface area contributed by atoms with Crippen LogP contribution < -0.4 is 5.32 Å². The van der Waals surface area contributed by atoms with Crippen molar-refractivity contribution in [1.82, 2.24) is 15.3 Å². The van der Waals surface area contributed by atoms with Gasteiger partial charge in [0.1, 0.15) is 23.9 Å². The van der Waals surface area contributed by atoms with Gasteiger partial charge in [-0.15, -0.1) is 0 Å². The Hall–Kier alpha value is -3.87. The third kappa shape index (κ3) is 3.82. The van der Waals surface area contributed by atoms with E-state index in [1.54, 1.807) is 42.5 Å². The maximum Gasteiger partial charge on any atom is 0.252 e. The van der Waals surface area contributed by atoms with Crippen LogP contribution in [0.2, 0.25) is 0 Å². The van der Waals surface area contributed by atoms with E-state index in [0.717, 1.165) is 0 Å². The van der Waals surface area contributed by atoms with Gasteiger partial charge in [0.15, 0.2) is 0 Å². The molecule has 2 aromatic carbocycles. The first-order valence-electron chi connectivity index (χ1n) is 9.20. The van der Waals surface area contributed by atoms with Crippen LogP contribution in [0.4, 0.5) is 8.78 Å². The Morgan fingerprint density at radius 2 is 1.83 bits per heavy atom. The SMILES string of the molecule is O=C(N[C@@H](c1ccc(CF)cc1)c1ncccc1F)c1ccc2c(O)ccnc2c1. The molecule has 2 aromatic heterocycles. The highest BCUT2D eigenvalue weighted by atomic mass is 19.1. The zero-order valence-electron chi connectivity index (χ0n) is 15.7. The monoisotopic (exact) mass is 405 g/mol. The molecule has 2 heterocycles. The predicted molar refractivity (Wildman–Crippen MR) is 108 cm³/mol. The third-order valence-corrected chi connectivity index (χ3v) is 4.79. The molecule has 0 unspecified atom stereocenters. The molecule has 0 saturated carbocycles. The molecular formula is C23H17F2N3O2. The number of carbonyl (C=O) groups is 1. The summed E-state index contributed by atoms with van der Waals surface area (Å²) in [5, 5.41) is 13.2. The van der Waals surface area contributed by atoms with Crippen LogP contribution in [-0.2, 0) is 6.67 Å². The normalized spacial score (nSPS) is 11.9. The average Bonchev–Trinajstić information content (AvgIpc) is 2.78. The van der Waals surface area contributed by atoms with E-state index in [9.17, 15) is 18.7 Å². The summed E-state index contributed by atoms with van der Waals surface area (Å²) in [6.45, 7) is -0.619. The Labute approximate surface area is 171 Å². The minimum absolute atomic E-state index is 0.0513. The summed E-state index contributed by atoms with van der Waals surface area (Å²) in [5.41, 5.74) is 1.84. The minimum Gasteiger partial charge on any atom is -0.507 e. The van der Waals surface area contributed by atoms with Crippen LogP contribution >= 0.6 is 0 Å². The number of carbonyl (C=O) groups excluding carboxylic acids is 1. The number of amides is 1. The average molecular weight is 405 g/mol. The lowest BCUT2D eigenvalue weighted by Gasteiger charge is -2.20. The van der Waals surface area contributed by atoms with Crippen LogP contribution in [0.3, 0.4) is 0 Å². The van der Waals surface area contributed by atoms with Crippen molar-refractivity contribution < 1.29 is 18.7 Å². The van der Waals surface area contributed by atoms with Gasteiger partial charge in [-0.05, 0) is 47.5 Å². The van der Waals surface area contributed by atoms with Gasteiger partial charge >= 0.3 is 0 Å². The van der Waals surface area contributed by atoms with E-state index in [4.69, 9.17) is 0 Å². The van der Waals surface area contributed by atoms with Crippen molar-refractivity contribution in [3.8, 4) is 5.75 Å². The number of fused-ring (bicyclic) bond motifs is 1. The first-order valence-corrected chi connectivity index (χ1v) is 9.20. The van der Waals surface area contributed by atoms with E-state index in [1.807, 2.05) is 0 Å². The van der Waals surface area contributed by atoms with E-state index in [0.29, 0.717) is 27.6 Å². The molecule has 0 fully saturated rings. The molecule has 0 radical (unpaired) electrons. The van der Waals surface area contributed by atoms with Gasteiger partial charge in [0, 0.05) is 23.3 Å². The predicted octanol–water partition coefficient (Wildman–Crippen LogP) is 4.46. The Kier molecular flexibility index (Phi) is 5.34. The molecule has 1 amide bonds. The van der Waals surface area contributed by atoms with E-state index >= 15 is 0 Å². The number of nitrogens with zero attached hydrogens (tertiary/aromatic N) is 2. The molecule has 0 bridgehead atoms. The van der Waals surface area contributed by atoms with Crippen molar-refractivity contribution in [1.29, 1.82) is 0 Å². The number of alkyl halides is 1. The standard InChI is InChI=1S/C23H17F2N3O2/c24-13-14-3-5-15(6-4-14)21(22-18(25)2-1-10-27-22)28-23(30)16-7-8-17-19(12-16)26-11-9-20(17)29/h1-12,21H,13H2,(H,26,29)(H,28,30)/t21-/m0/s1. The third-order valence-electron chi connectivity index (χ3n) is 4.79. The maximum absolute atomic E-state index is 14.5. The highest BCUT2D eigenvalue weighted by molar-refractivity contribution is 5.99. The number of nitrogens with one attached hydrogen (secondary N) is 1. The zero-order valence-corrected chi connectivity index (χ0v) is 15.7. The van der Waals surface area contributed by atoms with Crippen LogP contribution in [0, 0.1) is 5.82 Å². The summed E-state index contributed by atoms with van der Waals surface area (Å²) in [6, 6.07) is 14.4. The molecule has 0 aliphatic heterocycles. The molecule has 150 valence electrons. The number of benzene rings is 2. The number of hydrogen-bond acceptors (Lipinski definition) is 4. The summed E-state index contributed by atoms with van der Waals surface area (Å²) in [7, 11) is 0. The summed E-state index contributed by atoms with van der Waals surface area (Å²) in [6.07, 6.45) is 2.88. The fourth-order valence-corrected chi connectivity index (χ4v) is 3.21. The van der Waals surface area contributed by atoms with Crippen LogP contribution in [0.5, 0.6) is 5.75 Å². The van der Waals surface area contributed by atoms with Crippen LogP contribution in [0.25, 0.3) is 10.9 Å². The molecule has 4 aromatic rings. The van der Waals surface area contributed by atoms with E-state index in [1.165, 1.54) is 30.6 Å². The number of hydrogen-bond donors (Lipinski definition) is 2. The fraction of sp³-hybridized carbons (Fsp3) is 0.0870. The second-order valence-electron chi connectivity index (χ2n) is 6.71. The number of pyridine rings is 2. The van der Waals surface area contributed by atoms with Crippen molar-refractivity contribution in [2.24, 2.45) is 0 Å². The van der Waals surface area contributed by atoms with Gasteiger partial charge < -0.3 is 10.4 Å². The Balaban J connectivity index is 1.70. The lowest BCUT2D eigenvalue weighted by atomic mass is 10.0. The van der Waals surface area contributed by atoms with Gasteiger partial charge in [-0.1, -0.05) is 24.3 Å². The lowest BCUT2D eigenvalue weighted by Crippen LogP contribution is -2.30. The molecule has 5 nitrogen and oxygen atoms in total. The highest BCUT2D eigenvalue weighted by Gasteiger charge is 2.22. The van der Waals surface area contributed by atoms with Gasteiger partial charge in [-0.3, -0.25) is 14.8 Å². The lowest BCUT2D eigenvalue weighted by molar-refractivity contribution is 0.0942. The van der Waals surface area contributed by atoms with E-state index in [-0.39, 0.29) is 11.4 Å². The Morgan fingerprint density at radius 1 is 1.03 bits per heavy atom. The number of aromatic hydroxyl groups is 1. The van der Waals surface area contributed by atoms with E-state index < -0.39 is 24.4 Å². The largest absolute Gasteiger partial charge is 0.507 e. The van der Waals surface area contributed by atoms with Crippen molar-refractivity contribution in [3.63, 3.8) is 0 Å². The molecule has 0 aliphatic rings. The van der Waals surface area contributed by atoms with Gasteiger partial charge in [0.25, 0.3) is 5.91 Å². The molecule has 0 saturated heterocycles. The first kappa shape index (κ1) is 19.4. The van der Waals surface area contributed by atoms with Crippen molar-refractivity contribution in [3.05, 3.63) is 101 Å². The van der Waals surface area contributed by atoms with E-state index in [2.05, 4.69) is 15.3 Å². The highest BCUT2D eigenvalue weighted by Crippen LogP contribution is 2.26. The Bertz CT molecular complexity index is 1210. The quantitative estimate of drug-likeness (QED) is 0.514. The molecular weight excluding hydrogens is 388 g/mol. The van der Waals surface area contributed by atoms with Crippen LogP contribution in [0.15, 0.2) is 73.1 Å². The number of rotatable bonds is 5. The minimum atomic E-state index is -0.875. The fourth-order valence-electron chi connectivity index (χ4n) is 3.21. The van der Waals surface area contributed by atoms with Gasteiger partial charge in [-0.25, -0.2) is 8.78 Å². The van der Waals surface area contributed by atoms with Crippen molar-refractivity contribution in [2.45, 2.75) is 12.7 Å². The smallest absolute Gasteiger partial charge is 0.252 e. The van der Waals surface area contributed by atoms with Gasteiger partial charge in [-0.2, -0.15) is 0 Å². The number of aromatic nitrogens is 2. The second kappa shape index (κ2) is 8.24. The second-order valence-corrected chi connectivity index (χ2v) is 6.71. The van der Waals surface area contributed by atoms with Crippen molar-refractivity contribution >= 4 is 16.8 Å². The molecule has 0 spiro atoms. The molecule has 1 atom stereocenters. The van der Waals surface area contributed by atoms with Crippen LogP contribution in [-0.4, -0.2) is 21.0 Å². The molecule has 7 heteroatoms. The van der Waals surface area contributed by atoms with Crippen molar-refractivity contribution in [2.75, 3.05) is 0 Å². The van der Waals surface area contributed by atoms with Crippen LogP contribution in [0.1, 0.15) is 33.2 Å². The van der Waals surface area contributed by atoms with Gasteiger partial charge in [0.2, 0.25) is 0 Å². The Morgan fingerprint density at radius 3 is 2.57 bits per heavy atom. The maximum atomic E-state index is 14.5. The summed E-state index contributed by atoms with van der Waals surface area (Å²) < 4.78 is 27.3. The molecule has 30 heavy (non-hydrogen) atoms. The topological polar surface area (TPSA) is 75.1 Å². The first-order chi connectivity index (χ1) is 14.6.